The van der Waals surface area contributed by atoms with Gasteiger partial charge in [0.15, 0.2) is 17.2 Å². The van der Waals surface area contributed by atoms with E-state index in [4.69, 9.17) is 14.2 Å². The highest BCUT2D eigenvalue weighted by molar-refractivity contribution is 9.10. The van der Waals surface area contributed by atoms with Crippen LogP contribution in [0.3, 0.4) is 0 Å². The summed E-state index contributed by atoms with van der Waals surface area (Å²) in [6.45, 7) is 1.30. The molecule has 0 fully saturated rings. The van der Waals surface area contributed by atoms with Gasteiger partial charge in [-0.3, -0.25) is 4.79 Å². The first kappa shape index (κ1) is 19.3. The Kier molecular flexibility index (Phi) is 5.76. The largest absolute Gasteiger partial charge is 0.493 e. The SMILES string of the molecule is COc1cc(C=C2N=C(c3cccc(Br)c3)OC2=O)cc(Br)c1OC(C)=O. The van der Waals surface area contributed by atoms with Crippen molar-refractivity contribution in [1.82, 2.24) is 0 Å². The van der Waals surface area contributed by atoms with Crippen molar-refractivity contribution in [2.45, 2.75) is 6.92 Å². The van der Waals surface area contributed by atoms with E-state index in [1.54, 1.807) is 24.3 Å². The maximum atomic E-state index is 12.2. The summed E-state index contributed by atoms with van der Waals surface area (Å²) in [5, 5.41) is 0. The van der Waals surface area contributed by atoms with Crippen molar-refractivity contribution >= 4 is 55.8 Å². The minimum atomic E-state index is -0.552. The van der Waals surface area contributed by atoms with Crippen molar-refractivity contribution in [3.8, 4) is 11.5 Å². The lowest BCUT2D eigenvalue weighted by Gasteiger charge is -2.11. The van der Waals surface area contributed by atoms with Crippen molar-refractivity contribution in [2.24, 2.45) is 4.99 Å². The van der Waals surface area contributed by atoms with Crippen LogP contribution in [0.5, 0.6) is 11.5 Å². The van der Waals surface area contributed by atoms with Crippen molar-refractivity contribution < 1.29 is 23.8 Å². The molecule has 8 heteroatoms. The minimum absolute atomic E-state index is 0.152. The van der Waals surface area contributed by atoms with Gasteiger partial charge in [-0.25, -0.2) is 9.79 Å². The van der Waals surface area contributed by atoms with Crippen LogP contribution in [0.25, 0.3) is 6.08 Å². The Labute approximate surface area is 172 Å². The Morgan fingerprint density at radius 3 is 2.67 bits per heavy atom. The van der Waals surface area contributed by atoms with E-state index in [2.05, 4.69) is 36.9 Å². The third kappa shape index (κ3) is 4.45. The molecule has 1 aliphatic heterocycles. The Balaban J connectivity index is 1.97. The normalized spacial score (nSPS) is 14.7. The van der Waals surface area contributed by atoms with E-state index < -0.39 is 11.9 Å². The highest BCUT2D eigenvalue weighted by Crippen LogP contribution is 2.37. The molecule has 0 aromatic heterocycles. The summed E-state index contributed by atoms with van der Waals surface area (Å²) in [5.74, 6) is -0.185. The van der Waals surface area contributed by atoms with E-state index in [0.717, 1.165) is 4.47 Å². The maximum absolute atomic E-state index is 12.2. The van der Waals surface area contributed by atoms with Crippen molar-refractivity contribution in [3.05, 3.63) is 62.2 Å². The fourth-order valence-corrected chi connectivity index (χ4v) is 3.32. The van der Waals surface area contributed by atoms with Crippen LogP contribution < -0.4 is 9.47 Å². The second kappa shape index (κ2) is 8.06. The fraction of sp³-hybridized carbons (Fsp3) is 0.105. The molecule has 0 N–H and O–H groups in total. The summed E-state index contributed by atoms with van der Waals surface area (Å²) < 4.78 is 17.0. The van der Waals surface area contributed by atoms with E-state index in [1.807, 2.05) is 18.2 Å². The number of carbonyl (C=O) groups excluding carboxylic acids is 2. The van der Waals surface area contributed by atoms with Gasteiger partial charge in [0.2, 0.25) is 5.90 Å². The molecule has 0 amide bonds. The van der Waals surface area contributed by atoms with Gasteiger partial charge in [0.1, 0.15) is 0 Å². The zero-order chi connectivity index (χ0) is 19.6. The smallest absolute Gasteiger partial charge is 0.363 e. The predicted octanol–water partition coefficient (Wildman–Crippen LogP) is 4.49. The number of methoxy groups -OCH3 is 1. The molecule has 138 valence electrons. The van der Waals surface area contributed by atoms with Crippen LogP contribution in [0.15, 0.2) is 56.0 Å². The third-order valence-electron chi connectivity index (χ3n) is 3.49. The van der Waals surface area contributed by atoms with Gasteiger partial charge < -0.3 is 14.2 Å². The Hall–Kier alpha value is -2.45. The van der Waals surface area contributed by atoms with Crippen molar-refractivity contribution in [3.63, 3.8) is 0 Å². The standard InChI is InChI=1S/C19H13Br2NO5/c1-10(23)26-17-14(21)6-11(8-16(17)25-2)7-15-19(24)27-18(22-15)12-4-3-5-13(20)9-12/h3-9H,1-2H3. The number of benzene rings is 2. The monoisotopic (exact) mass is 493 g/mol. The average molecular weight is 495 g/mol. The summed E-state index contributed by atoms with van der Waals surface area (Å²) in [6, 6.07) is 10.6. The lowest BCUT2D eigenvalue weighted by Crippen LogP contribution is -2.05. The number of nitrogens with zero attached hydrogens (tertiary/aromatic N) is 1. The van der Waals surface area contributed by atoms with Crippen LogP contribution in [-0.4, -0.2) is 24.9 Å². The number of esters is 2. The predicted molar refractivity (Wildman–Crippen MR) is 107 cm³/mol. The van der Waals surface area contributed by atoms with Gasteiger partial charge in [-0.15, -0.1) is 0 Å². The molecule has 6 nitrogen and oxygen atoms in total. The van der Waals surface area contributed by atoms with Crippen LogP contribution in [0.2, 0.25) is 0 Å². The fourth-order valence-electron chi connectivity index (χ4n) is 2.38. The molecule has 0 aliphatic carbocycles. The van der Waals surface area contributed by atoms with Crippen LogP contribution in [0.1, 0.15) is 18.1 Å². The first-order valence-corrected chi connectivity index (χ1v) is 9.30. The van der Waals surface area contributed by atoms with Crippen LogP contribution in [-0.2, 0) is 14.3 Å². The lowest BCUT2D eigenvalue weighted by molar-refractivity contribution is -0.132. The maximum Gasteiger partial charge on any atom is 0.363 e. The van der Waals surface area contributed by atoms with Crippen LogP contribution in [0.4, 0.5) is 0 Å². The molecular weight excluding hydrogens is 482 g/mol. The van der Waals surface area contributed by atoms with Crippen LogP contribution >= 0.6 is 31.9 Å². The van der Waals surface area contributed by atoms with Gasteiger partial charge >= 0.3 is 11.9 Å². The Bertz CT molecular complexity index is 998. The second-order valence-corrected chi connectivity index (χ2v) is 7.24. The molecular formula is C19H13Br2NO5. The first-order chi connectivity index (χ1) is 12.9. The molecule has 2 aromatic rings. The number of aliphatic imine (C=N–C) groups is 1. The topological polar surface area (TPSA) is 74.2 Å². The van der Waals surface area contributed by atoms with Crippen LogP contribution in [0, 0.1) is 0 Å². The quantitative estimate of drug-likeness (QED) is 0.355. The number of cyclic esters (lactones) is 1. The molecule has 27 heavy (non-hydrogen) atoms. The minimum Gasteiger partial charge on any atom is -0.493 e. The van der Waals surface area contributed by atoms with Crippen molar-refractivity contribution in [2.75, 3.05) is 7.11 Å². The van der Waals surface area contributed by atoms with E-state index in [1.165, 1.54) is 14.0 Å². The summed E-state index contributed by atoms with van der Waals surface area (Å²) in [6.07, 6.45) is 1.57. The molecule has 0 spiro atoms. The molecule has 2 aromatic carbocycles. The molecule has 0 radical (unpaired) electrons. The van der Waals surface area contributed by atoms with Gasteiger partial charge in [-0.1, -0.05) is 22.0 Å². The molecule has 0 unspecified atom stereocenters. The molecule has 0 bridgehead atoms. The van der Waals surface area contributed by atoms with Gasteiger partial charge in [-0.2, -0.15) is 0 Å². The third-order valence-corrected chi connectivity index (χ3v) is 4.58. The Morgan fingerprint density at radius 2 is 2.00 bits per heavy atom. The summed E-state index contributed by atoms with van der Waals surface area (Å²) in [7, 11) is 1.46. The van der Waals surface area contributed by atoms with Gasteiger partial charge in [0.05, 0.1) is 11.6 Å². The van der Waals surface area contributed by atoms with E-state index in [-0.39, 0.29) is 17.3 Å². The summed E-state index contributed by atoms with van der Waals surface area (Å²) >= 11 is 6.72. The zero-order valence-corrected chi connectivity index (χ0v) is 17.5. The molecule has 3 rings (SSSR count). The van der Waals surface area contributed by atoms with E-state index in [9.17, 15) is 9.59 Å². The molecule has 1 aliphatic rings. The summed E-state index contributed by atoms with van der Waals surface area (Å²) in [5.41, 5.74) is 1.46. The molecule has 0 saturated heterocycles. The van der Waals surface area contributed by atoms with Crippen molar-refractivity contribution in [1.29, 1.82) is 0 Å². The lowest BCUT2D eigenvalue weighted by atomic mass is 10.1. The average Bonchev–Trinajstić information content (AvgIpc) is 2.97. The Morgan fingerprint density at radius 1 is 1.22 bits per heavy atom. The number of hydrogen-bond acceptors (Lipinski definition) is 6. The molecule has 0 atom stereocenters. The highest BCUT2D eigenvalue weighted by Gasteiger charge is 2.24. The highest BCUT2D eigenvalue weighted by atomic mass is 79.9. The first-order valence-electron chi connectivity index (χ1n) is 7.72. The number of carbonyl (C=O) groups is 2. The van der Waals surface area contributed by atoms with Gasteiger partial charge in [-0.05, 0) is 57.9 Å². The number of rotatable bonds is 4. The number of halogens is 2. The van der Waals surface area contributed by atoms with E-state index >= 15 is 0 Å². The summed E-state index contributed by atoms with van der Waals surface area (Å²) in [4.78, 5) is 27.7. The van der Waals surface area contributed by atoms with Gasteiger partial charge in [0.25, 0.3) is 0 Å². The van der Waals surface area contributed by atoms with Gasteiger partial charge in [0, 0.05) is 17.0 Å². The molecule has 1 heterocycles. The van der Waals surface area contributed by atoms with E-state index in [0.29, 0.717) is 21.3 Å². The second-order valence-electron chi connectivity index (χ2n) is 5.47. The number of ether oxygens (including phenoxy) is 3. The number of hydrogen-bond donors (Lipinski definition) is 0. The molecule has 0 saturated carbocycles. The zero-order valence-electron chi connectivity index (χ0n) is 14.3.